The number of rotatable bonds is 7. The SMILES string of the molecule is CCOC(=O)c1ccc(N)c(NCCN(C)C(C)C)c1. The molecule has 1 aromatic carbocycles. The summed E-state index contributed by atoms with van der Waals surface area (Å²) in [6.45, 7) is 8.12. The Balaban J connectivity index is 2.65. The standard InChI is InChI=1S/C15H25N3O2/c1-5-20-15(19)12-6-7-13(16)14(10-12)17-8-9-18(4)11(2)3/h6-7,10-11,17H,5,8-9,16H2,1-4H3. The van der Waals surface area contributed by atoms with Crippen LogP contribution in [0, 0.1) is 0 Å². The maximum absolute atomic E-state index is 11.7. The molecule has 0 bridgehead atoms. The molecular weight excluding hydrogens is 254 g/mol. The second-order valence-corrected chi connectivity index (χ2v) is 5.02. The van der Waals surface area contributed by atoms with E-state index in [1.54, 1.807) is 25.1 Å². The minimum absolute atomic E-state index is 0.324. The third kappa shape index (κ3) is 4.74. The second-order valence-electron chi connectivity index (χ2n) is 5.02. The van der Waals surface area contributed by atoms with Gasteiger partial charge in [0.15, 0.2) is 0 Å². The van der Waals surface area contributed by atoms with Crippen LogP contribution in [0.25, 0.3) is 0 Å². The van der Waals surface area contributed by atoms with Crippen molar-refractivity contribution in [2.24, 2.45) is 0 Å². The number of hydrogen-bond acceptors (Lipinski definition) is 5. The highest BCUT2D eigenvalue weighted by atomic mass is 16.5. The molecule has 0 aliphatic carbocycles. The number of hydrogen-bond donors (Lipinski definition) is 2. The number of anilines is 2. The van der Waals surface area contributed by atoms with Gasteiger partial charge in [-0.1, -0.05) is 0 Å². The maximum Gasteiger partial charge on any atom is 0.338 e. The first-order valence-corrected chi connectivity index (χ1v) is 6.96. The number of nitrogen functional groups attached to an aromatic ring is 1. The summed E-state index contributed by atoms with van der Waals surface area (Å²) in [4.78, 5) is 13.9. The molecule has 0 aliphatic heterocycles. The van der Waals surface area contributed by atoms with E-state index in [4.69, 9.17) is 10.5 Å². The van der Waals surface area contributed by atoms with Crippen molar-refractivity contribution in [3.05, 3.63) is 23.8 Å². The number of likely N-dealkylation sites (N-methyl/N-ethyl adjacent to an activating group) is 1. The molecule has 1 aromatic rings. The Hall–Kier alpha value is -1.75. The average molecular weight is 279 g/mol. The minimum Gasteiger partial charge on any atom is -0.462 e. The molecule has 1 rings (SSSR count). The van der Waals surface area contributed by atoms with Crippen LogP contribution in [0.4, 0.5) is 11.4 Å². The zero-order valence-electron chi connectivity index (χ0n) is 12.8. The summed E-state index contributed by atoms with van der Waals surface area (Å²) in [5.41, 5.74) is 7.83. The molecule has 0 aliphatic rings. The molecule has 0 saturated heterocycles. The van der Waals surface area contributed by atoms with Crippen LogP contribution in [0.1, 0.15) is 31.1 Å². The van der Waals surface area contributed by atoms with E-state index in [-0.39, 0.29) is 5.97 Å². The molecule has 0 radical (unpaired) electrons. The van der Waals surface area contributed by atoms with E-state index in [0.29, 0.717) is 23.9 Å². The second kappa shape index (κ2) is 7.75. The smallest absolute Gasteiger partial charge is 0.338 e. The number of benzene rings is 1. The summed E-state index contributed by atoms with van der Waals surface area (Å²) in [7, 11) is 2.07. The number of nitrogens with two attached hydrogens (primary N) is 1. The predicted molar refractivity (Wildman–Crippen MR) is 83.1 cm³/mol. The van der Waals surface area contributed by atoms with E-state index >= 15 is 0 Å². The van der Waals surface area contributed by atoms with Gasteiger partial charge in [-0.3, -0.25) is 0 Å². The first-order valence-electron chi connectivity index (χ1n) is 6.96. The summed E-state index contributed by atoms with van der Waals surface area (Å²) >= 11 is 0. The Morgan fingerprint density at radius 2 is 2.15 bits per heavy atom. The largest absolute Gasteiger partial charge is 0.462 e. The van der Waals surface area contributed by atoms with Crippen LogP contribution in [0.5, 0.6) is 0 Å². The zero-order chi connectivity index (χ0) is 15.1. The topological polar surface area (TPSA) is 67.6 Å². The first kappa shape index (κ1) is 16.3. The minimum atomic E-state index is -0.324. The maximum atomic E-state index is 11.7. The van der Waals surface area contributed by atoms with Crippen molar-refractivity contribution >= 4 is 17.3 Å². The Morgan fingerprint density at radius 1 is 1.45 bits per heavy atom. The molecule has 0 saturated carbocycles. The monoisotopic (exact) mass is 279 g/mol. The Kier molecular flexibility index (Phi) is 6.31. The summed E-state index contributed by atoms with van der Waals surface area (Å²) in [6, 6.07) is 5.64. The molecule has 0 aromatic heterocycles. The van der Waals surface area contributed by atoms with E-state index in [9.17, 15) is 4.79 Å². The molecule has 5 heteroatoms. The lowest BCUT2D eigenvalue weighted by atomic mass is 10.1. The quantitative estimate of drug-likeness (QED) is 0.591. The Labute approximate surface area is 121 Å². The fourth-order valence-corrected chi connectivity index (χ4v) is 1.68. The van der Waals surface area contributed by atoms with Gasteiger partial charge in [0.05, 0.1) is 23.5 Å². The highest BCUT2D eigenvalue weighted by Gasteiger charge is 2.09. The van der Waals surface area contributed by atoms with Gasteiger partial charge in [-0.05, 0) is 46.0 Å². The van der Waals surface area contributed by atoms with Crippen molar-refractivity contribution in [1.82, 2.24) is 4.90 Å². The molecule has 0 atom stereocenters. The highest BCUT2D eigenvalue weighted by Crippen LogP contribution is 2.20. The van der Waals surface area contributed by atoms with Crippen LogP contribution in [0.2, 0.25) is 0 Å². The van der Waals surface area contributed by atoms with Gasteiger partial charge >= 0.3 is 5.97 Å². The molecule has 0 heterocycles. The van der Waals surface area contributed by atoms with E-state index in [1.165, 1.54) is 0 Å². The third-order valence-electron chi connectivity index (χ3n) is 3.23. The van der Waals surface area contributed by atoms with Crippen LogP contribution in [0.3, 0.4) is 0 Å². The van der Waals surface area contributed by atoms with Crippen LogP contribution >= 0.6 is 0 Å². The lowest BCUT2D eigenvalue weighted by Gasteiger charge is -2.21. The summed E-state index contributed by atoms with van der Waals surface area (Å²) < 4.78 is 4.98. The van der Waals surface area contributed by atoms with Gasteiger partial charge in [-0.2, -0.15) is 0 Å². The molecule has 0 amide bonds. The Bertz CT molecular complexity index is 447. The van der Waals surface area contributed by atoms with Crippen LogP contribution in [0.15, 0.2) is 18.2 Å². The lowest BCUT2D eigenvalue weighted by molar-refractivity contribution is 0.0526. The van der Waals surface area contributed by atoms with Crippen molar-refractivity contribution in [2.75, 3.05) is 37.8 Å². The highest BCUT2D eigenvalue weighted by molar-refractivity contribution is 5.92. The number of esters is 1. The fraction of sp³-hybridized carbons (Fsp3) is 0.533. The summed E-state index contributed by atoms with van der Waals surface area (Å²) in [5, 5.41) is 3.26. The zero-order valence-corrected chi connectivity index (χ0v) is 12.8. The van der Waals surface area contributed by atoms with E-state index in [1.807, 2.05) is 0 Å². The van der Waals surface area contributed by atoms with Crippen molar-refractivity contribution in [2.45, 2.75) is 26.8 Å². The van der Waals surface area contributed by atoms with Crippen molar-refractivity contribution < 1.29 is 9.53 Å². The van der Waals surface area contributed by atoms with Crippen LogP contribution < -0.4 is 11.1 Å². The van der Waals surface area contributed by atoms with E-state index < -0.39 is 0 Å². The molecule has 0 fully saturated rings. The summed E-state index contributed by atoms with van der Waals surface area (Å²) in [5.74, 6) is -0.324. The molecule has 20 heavy (non-hydrogen) atoms. The van der Waals surface area contributed by atoms with Gasteiger partial charge in [0.2, 0.25) is 0 Å². The molecule has 0 spiro atoms. The predicted octanol–water partition coefficient (Wildman–Crippen LogP) is 2.20. The average Bonchev–Trinajstić information content (AvgIpc) is 2.40. The Morgan fingerprint density at radius 3 is 2.75 bits per heavy atom. The van der Waals surface area contributed by atoms with Crippen molar-refractivity contribution in [3.8, 4) is 0 Å². The van der Waals surface area contributed by atoms with Gasteiger partial charge in [-0.25, -0.2) is 4.79 Å². The van der Waals surface area contributed by atoms with Crippen LogP contribution in [-0.2, 0) is 4.74 Å². The molecule has 3 N–H and O–H groups in total. The van der Waals surface area contributed by atoms with Crippen molar-refractivity contribution in [3.63, 3.8) is 0 Å². The summed E-state index contributed by atoms with van der Waals surface area (Å²) in [6.07, 6.45) is 0. The fourth-order valence-electron chi connectivity index (χ4n) is 1.68. The lowest BCUT2D eigenvalue weighted by Crippen LogP contribution is -2.31. The number of carbonyl (C=O) groups is 1. The molecule has 0 unspecified atom stereocenters. The van der Waals surface area contributed by atoms with E-state index in [2.05, 4.69) is 31.1 Å². The number of nitrogens with one attached hydrogen (secondary N) is 1. The molecule has 112 valence electrons. The molecule has 5 nitrogen and oxygen atoms in total. The molecular formula is C15H25N3O2. The first-order chi connectivity index (χ1) is 9.45. The third-order valence-corrected chi connectivity index (χ3v) is 3.23. The van der Waals surface area contributed by atoms with Crippen LogP contribution in [-0.4, -0.2) is 43.7 Å². The van der Waals surface area contributed by atoms with Gasteiger partial charge in [0.25, 0.3) is 0 Å². The van der Waals surface area contributed by atoms with Gasteiger partial charge in [0, 0.05) is 19.1 Å². The van der Waals surface area contributed by atoms with Gasteiger partial charge < -0.3 is 20.7 Å². The number of carbonyl (C=O) groups excluding carboxylic acids is 1. The van der Waals surface area contributed by atoms with Crippen molar-refractivity contribution in [1.29, 1.82) is 0 Å². The number of nitrogens with zero attached hydrogens (tertiary/aromatic N) is 1. The van der Waals surface area contributed by atoms with Gasteiger partial charge in [0.1, 0.15) is 0 Å². The normalized spacial score (nSPS) is 10.9. The number of ether oxygens (including phenoxy) is 1. The van der Waals surface area contributed by atoms with E-state index in [0.717, 1.165) is 18.8 Å². The van der Waals surface area contributed by atoms with Gasteiger partial charge in [-0.15, -0.1) is 0 Å².